The molecule has 0 unspecified atom stereocenters. The highest BCUT2D eigenvalue weighted by Gasteiger charge is 2.43. The largest absolute Gasteiger partial charge is 0.383 e. The third-order valence-electron chi connectivity index (χ3n) is 4.75. The van der Waals surface area contributed by atoms with Gasteiger partial charge in [-0.2, -0.15) is 10.5 Å². The summed E-state index contributed by atoms with van der Waals surface area (Å²) in [6.45, 7) is 0. The lowest BCUT2D eigenvalue weighted by molar-refractivity contribution is -0.117. The summed E-state index contributed by atoms with van der Waals surface area (Å²) in [4.78, 5) is 25.0. The van der Waals surface area contributed by atoms with E-state index < -0.39 is 0 Å². The van der Waals surface area contributed by atoms with Crippen molar-refractivity contribution in [2.24, 2.45) is 11.8 Å². The molecule has 1 amide bonds. The molecule has 8 nitrogen and oxygen atoms in total. The first-order chi connectivity index (χ1) is 13.6. The molecule has 0 bridgehead atoms. The molecule has 0 spiro atoms. The molecule has 4 rings (SSSR count). The molecule has 3 aromatic rings. The minimum atomic E-state index is -0.274. The lowest BCUT2D eigenvalue weighted by atomic mass is 10.0. The number of pyridine rings is 3. The van der Waals surface area contributed by atoms with E-state index >= 15 is 0 Å². The summed E-state index contributed by atoms with van der Waals surface area (Å²) >= 11 is 0. The van der Waals surface area contributed by atoms with E-state index in [2.05, 4.69) is 32.4 Å². The highest BCUT2D eigenvalue weighted by Crippen LogP contribution is 2.38. The first kappa shape index (κ1) is 17.4. The molecular formula is C20H15N7O. The van der Waals surface area contributed by atoms with Crippen LogP contribution in [0.25, 0.3) is 22.0 Å². The summed E-state index contributed by atoms with van der Waals surface area (Å²) in [5.74, 6) is 0.00204. The third-order valence-corrected chi connectivity index (χ3v) is 4.75. The van der Waals surface area contributed by atoms with Crippen LogP contribution in [0.1, 0.15) is 12.0 Å². The number of nitriles is 2. The standard InChI is InChI=1S/C20H15N7O/c21-3-1-11-2-4-24-9-15(11)17-6-12-7-18(25-10-16(12)19(23)26-17)27-20(28)14-5-13(14)8-22/h2,4,6-7,9-10,13-14H,1,5H2,(H2,23,26)(H,25,27,28)/t13-,14+/m0/s1. The molecule has 3 heterocycles. The summed E-state index contributed by atoms with van der Waals surface area (Å²) in [7, 11) is 0. The van der Waals surface area contributed by atoms with Gasteiger partial charge in [-0.25, -0.2) is 9.97 Å². The number of rotatable bonds is 4. The van der Waals surface area contributed by atoms with Gasteiger partial charge < -0.3 is 11.1 Å². The number of aromatic nitrogens is 3. The normalized spacial score (nSPS) is 17.5. The molecule has 0 aliphatic heterocycles. The monoisotopic (exact) mass is 369 g/mol. The third kappa shape index (κ3) is 3.19. The summed E-state index contributed by atoms with van der Waals surface area (Å²) in [5.41, 5.74) is 8.24. The number of carbonyl (C=O) groups is 1. The number of fused-ring (bicyclic) bond motifs is 1. The van der Waals surface area contributed by atoms with Crippen LogP contribution in [0.5, 0.6) is 0 Å². The number of hydrogen-bond donors (Lipinski definition) is 2. The summed E-state index contributed by atoms with van der Waals surface area (Å²) in [6.07, 6.45) is 5.66. The van der Waals surface area contributed by atoms with E-state index in [1.165, 1.54) is 0 Å². The Morgan fingerprint density at radius 1 is 1.32 bits per heavy atom. The average molecular weight is 369 g/mol. The molecule has 1 aliphatic rings. The quantitative estimate of drug-likeness (QED) is 0.719. The second-order valence-electron chi connectivity index (χ2n) is 6.62. The Hall–Kier alpha value is -4.04. The first-order valence-electron chi connectivity index (χ1n) is 8.67. The fraction of sp³-hybridized carbons (Fsp3) is 0.200. The number of nitrogens with zero attached hydrogens (tertiary/aromatic N) is 5. The van der Waals surface area contributed by atoms with Crippen molar-refractivity contribution in [3.05, 3.63) is 42.4 Å². The van der Waals surface area contributed by atoms with Gasteiger partial charge in [0.1, 0.15) is 11.6 Å². The van der Waals surface area contributed by atoms with E-state index in [-0.39, 0.29) is 24.2 Å². The van der Waals surface area contributed by atoms with Gasteiger partial charge in [0, 0.05) is 29.5 Å². The predicted octanol–water partition coefficient (Wildman–Crippen LogP) is 2.44. The van der Waals surface area contributed by atoms with Crippen LogP contribution in [0.15, 0.2) is 36.8 Å². The topological polar surface area (TPSA) is 141 Å². The number of nitrogen functional groups attached to an aromatic ring is 1. The van der Waals surface area contributed by atoms with E-state index in [4.69, 9.17) is 16.3 Å². The molecule has 3 N–H and O–H groups in total. The second-order valence-corrected chi connectivity index (χ2v) is 6.62. The van der Waals surface area contributed by atoms with E-state index in [0.29, 0.717) is 29.1 Å². The maximum absolute atomic E-state index is 12.2. The Morgan fingerprint density at radius 2 is 2.18 bits per heavy atom. The Morgan fingerprint density at radius 3 is 2.93 bits per heavy atom. The van der Waals surface area contributed by atoms with Gasteiger partial charge in [-0.05, 0) is 35.6 Å². The molecular weight excluding hydrogens is 354 g/mol. The van der Waals surface area contributed by atoms with Crippen LogP contribution in [0.2, 0.25) is 0 Å². The molecule has 0 saturated heterocycles. The number of nitrogens with two attached hydrogens (primary N) is 1. The Balaban J connectivity index is 1.70. The SMILES string of the molecule is N#CCc1ccncc1-c1cc2cc(NC(=O)[C@@H]3C[C@H]3C#N)ncc2c(N)n1. The van der Waals surface area contributed by atoms with Crippen LogP contribution < -0.4 is 11.1 Å². The van der Waals surface area contributed by atoms with Crippen LogP contribution in [0.3, 0.4) is 0 Å². The van der Waals surface area contributed by atoms with E-state index in [1.54, 1.807) is 30.7 Å². The second kappa shape index (κ2) is 6.93. The summed E-state index contributed by atoms with van der Waals surface area (Å²) in [6, 6.07) is 9.56. The van der Waals surface area contributed by atoms with E-state index in [1.807, 2.05) is 6.07 Å². The number of anilines is 2. The molecule has 3 aromatic heterocycles. The molecule has 136 valence electrons. The number of hydrogen-bond acceptors (Lipinski definition) is 7. The van der Waals surface area contributed by atoms with Gasteiger partial charge in [0.2, 0.25) is 5.91 Å². The fourth-order valence-corrected chi connectivity index (χ4v) is 3.12. The summed E-state index contributed by atoms with van der Waals surface area (Å²) in [5, 5.41) is 22.1. The Labute approximate surface area is 160 Å². The molecule has 1 fully saturated rings. The molecule has 2 atom stereocenters. The van der Waals surface area contributed by atoms with E-state index in [0.717, 1.165) is 16.5 Å². The van der Waals surface area contributed by atoms with Gasteiger partial charge in [-0.15, -0.1) is 0 Å². The summed E-state index contributed by atoms with van der Waals surface area (Å²) < 4.78 is 0. The van der Waals surface area contributed by atoms with Gasteiger partial charge in [0.25, 0.3) is 0 Å². The zero-order valence-electron chi connectivity index (χ0n) is 14.8. The fourth-order valence-electron chi connectivity index (χ4n) is 3.12. The highest BCUT2D eigenvalue weighted by atomic mass is 16.2. The maximum atomic E-state index is 12.2. The number of nitrogens with one attached hydrogen (secondary N) is 1. The lowest BCUT2D eigenvalue weighted by Crippen LogP contribution is -2.15. The van der Waals surface area contributed by atoms with Gasteiger partial charge in [-0.3, -0.25) is 9.78 Å². The molecule has 0 aromatic carbocycles. The molecule has 1 aliphatic carbocycles. The van der Waals surface area contributed by atoms with Crippen molar-refractivity contribution in [1.82, 2.24) is 15.0 Å². The number of amides is 1. The van der Waals surface area contributed by atoms with Gasteiger partial charge in [0.05, 0.1) is 36.1 Å². The van der Waals surface area contributed by atoms with Crippen molar-refractivity contribution in [3.8, 4) is 23.4 Å². The van der Waals surface area contributed by atoms with Gasteiger partial charge in [0.15, 0.2) is 0 Å². The van der Waals surface area contributed by atoms with Crippen molar-refractivity contribution in [3.63, 3.8) is 0 Å². The van der Waals surface area contributed by atoms with Crippen LogP contribution >= 0.6 is 0 Å². The van der Waals surface area contributed by atoms with Crippen molar-refractivity contribution in [1.29, 1.82) is 10.5 Å². The van der Waals surface area contributed by atoms with Crippen LogP contribution in [-0.2, 0) is 11.2 Å². The minimum Gasteiger partial charge on any atom is -0.383 e. The van der Waals surface area contributed by atoms with Crippen LogP contribution in [0.4, 0.5) is 11.6 Å². The number of carbonyl (C=O) groups excluding carboxylic acids is 1. The lowest BCUT2D eigenvalue weighted by Gasteiger charge is -2.10. The molecule has 8 heteroatoms. The van der Waals surface area contributed by atoms with Crippen molar-refractivity contribution in [2.75, 3.05) is 11.1 Å². The molecule has 28 heavy (non-hydrogen) atoms. The average Bonchev–Trinajstić information content (AvgIpc) is 3.48. The van der Waals surface area contributed by atoms with Crippen molar-refractivity contribution in [2.45, 2.75) is 12.8 Å². The van der Waals surface area contributed by atoms with Crippen molar-refractivity contribution < 1.29 is 4.79 Å². The van der Waals surface area contributed by atoms with Crippen LogP contribution in [0, 0.1) is 34.5 Å². The van der Waals surface area contributed by atoms with E-state index in [9.17, 15) is 4.79 Å². The smallest absolute Gasteiger partial charge is 0.230 e. The Kier molecular flexibility index (Phi) is 4.30. The van der Waals surface area contributed by atoms with Gasteiger partial charge in [-0.1, -0.05) is 0 Å². The maximum Gasteiger partial charge on any atom is 0.230 e. The van der Waals surface area contributed by atoms with Crippen molar-refractivity contribution >= 4 is 28.3 Å². The highest BCUT2D eigenvalue weighted by molar-refractivity contribution is 5.98. The molecule has 1 saturated carbocycles. The molecule has 0 radical (unpaired) electrons. The van der Waals surface area contributed by atoms with Crippen LogP contribution in [-0.4, -0.2) is 20.9 Å². The first-order valence-corrected chi connectivity index (χ1v) is 8.67. The zero-order valence-corrected chi connectivity index (χ0v) is 14.8. The minimum absolute atomic E-state index is 0.204. The predicted molar refractivity (Wildman–Crippen MR) is 102 cm³/mol. The van der Waals surface area contributed by atoms with Gasteiger partial charge >= 0.3 is 0 Å². The Bertz CT molecular complexity index is 1180. The zero-order chi connectivity index (χ0) is 19.7.